The van der Waals surface area contributed by atoms with E-state index < -0.39 is 0 Å². The number of carbonyl (C=O) groups excluding carboxylic acids is 1. The highest BCUT2D eigenvalue weighted by Gasteiger charge is 2.32. The van der Waals surface area contributed by atoms with E-state index in [2.05, 4.69) is 25.1 Å². The Morgan fingerprint density at radius 3 is 2.47 bits per heavy atom. The Labute approximate surface area is 114 Å². The number of rotatable bonds is 4. The first-order valence-corrected chi connectivity index (χ1v) is 6.68. The van der Waals surface area contributed by atoms with Gasteiger partial charge in [0, 0.05) is 11.8 Å². The fourth-order valence-corrected chi connectivity index (χ4v) is 2.58. The third kappa shape index (κ3) is 3.24. The van der Waals surface area contributed by atoms with E-state index in [1.54, 1.807) is 18.2 Å². The lowest BCUT2D eigenvalue weighted by atomic mass is 9.71. The lowest BCUT2D eigenvalue weighted by Crippen LogP contribution is -2.32. The van der Waals surface area contributed by atoms with E-state index in [1.807, 2.05) is 12.1 Å². The molecule has 0 fully saturated rings. The van der Waals surface area contributed by atoms with E-state index in [4.69, 9.17) is 0 Å². The summed E-state index contributed by atoms with van der Waals surface area (Å²) in [5.74, 6) is 0.488. The first-order valence-electron chi connectivity index (χ1n) is 6.68. The Morgan fingerprint density at radius 1 is 1.26 bits per heavy atom. The second-order valence-electron chi connectivity index (χ2n) is 5.56. The van der Waals surface area contributed by atoms with Crippen molar-refractivity contribution in [3.63, 3.8) is 0 Å². The van der Waals surface area contributed by atoms with Crippen molar-refractivity contribution in [3.8, 4) is 5.75 Å². The molecule has 19 heavy (non-hydrogen) atoms. The topological polar surface area (TPSA) is 40.5 Å². The van der Waals surface area contributed by atoms with Crippen molar-refractivity contribution in [1.29, 1.82) is 0 Å². The highest BCUT2D eigenvalue weighted by atomic mass is 16.3. The molecule has 0 unspecified atom stereocenters. The van der Waals surface area contributed by atoms with Crippen molar-refractivity contribution in [1.82, 2.24) is 4.90 Å². The van der Waals surface area contributed by atoms with Crippen LogP contribution in [0.15, 0.2) is 36.4 Å². The number of benzene rings is 1. The monoisotopic (exact) mass is 259 g/mol. The summed E-state index contributed by atoms with van der Waals surface area (Å²) in [6, 6.07) is 7.37. The summed E-state index contributed by atoms with van der Waals surface area (Å²) in [5, 5.41) is 9.42. The smallest absolute Gasteiger partial charge is 0.155 e. The van der Waals surface area contributed by atoms with Gasteiger partial charge < -0.3 is 10.0 Å². The molecule has 0 aliphatic heterocycles. The molecule has 0 heterocycles. The van der Waals surface area contributed by atoms with Crippen molar-refractivity contribution in [3.05, 3.63) is 42.0 Å². The van der Waals surface area contributed by atoms with E-state index in [0.29, 0.717) is 6.42 Å². The van der Waals surface area contributed by atoms with Gasteiger partial charge in [0.2, 0.25) is 0 Å². The van der Waals surface area contributed by atoms with Gasteiger partial charge in [0.1, 0.15) is 5.75 Å². The molecule has 0 amide bonds. The van der Waals surface area contributed by atoms with Gasteiger partial charge in [-0.2, -0.15) is 0 Å². The second kappa shape index (κ2) is 5.57. The van der Waals surface area contributed by atoms with E-state index in [1.165, 1.54) is 5.56 Å². The third-order valence-corrected chi connectivity index (χ3v) is 3.85. The maximum absolute atomic E-state index is 11.4. The van der Waals surface area contributed by atoms with Gasteiger partial charge in [0.25, 0.3) is 0 Å². The van der Waals surface area contributed by atoms with E-state index in [-0.39, 0.29) is 16.9 Å². The van der Waals surface area contributed by atoms with E-state index in [9.17, 15) is 9.90 Å². The van der Waals surface area contributed by atoms with Crippen LogP contribution in [0.2, 0.25) is 0 Å². The molecule has 1 aliphatic carbocycles. The fourth-order valence-electron chi connectivity index (χ4n) is 2.58. The summed E-state index contributed by atoms with van der Waals surface area (Å²) >= 11 is 0. The fraction of sp³-hybridized carbons (Fsp3) is 0.438. The average Bonchev–Trinajstić information content (AvgIpc) is 2.39. The molecule has 0 spiro atoms. The first kappa shape index (κ1) is 13.8. The van der Waals surface area contributed by atoms with Crippen molar-refractivity contribution in [2.24, 2.45) is 0 Å². The van der Waals surface area contributed by atoms with Gasteiger partial charge in [0.15, 0.2) is 5.78 Å². The van der Waals surface area contributed by atoms with Gasteiger partial charge in [-0.25, -0.2) is 0 Å². The molecule has 2 rings (SSSR count). The lowest BCUT2D eigenvalue weighted by molar-refractivity contribution is -0.115. The van der Waals surface area contributed by atoms with Gasteiger partial charge >= 0.3 is 0 Å². The molecule has 0 aromatic heterocycles. The number of hydrogen-bond acceptors (Lipinski definition) is 3. The number of phenolic OH excluding ortho intramolecular Hbond substituents is 1. The minimum atomic E-state index is -0.0775. The molecule has 0 bridgehead atoms. The van der Waals surface area contributed by atoms with Gasteiger partial charge in [-0.1, -0.05) is 18.2 Å². The predicted molar refractivity (Wildman–Crippen MR) is 76.3 cm³/mol. The summed E-state index contributed by atoms with van der Waals surface area (Å²) in [6.07, 6.45) is 6.20. The SMILES string of the molecule is CN(C)CC[C@]1(c2ccc(O)cc2)C=CC(=O)CC1. The number of aromatic hydroxyl groups is 1. The average molecular weight is 259 g/mol. The van der Waals surface area contributed by atoms with Crippen LogP contribution in [-0.2, 0) is 10.2 Å². The second-order valence-corrected chi connectivity index (χ2v) is 5.56. The lowest BCUT2D eigenvalue weighted by Gasteiger charge is -2.34. The Kier molecular flexibility index (Phi) is 4.05. The maximum Gasteiger partial charge on any atom is 0.155 e. The molecule has 1 N–H and O–H groups in total. The van der Waals surface area contributed by atoms with Gasteiger partial charge in [0.05, 0.1) is 0 Å². The van der Waals surface area contributed by atoms with Crippen LogP contribution < -0.4 is 0 Å². The zero-order valence-corrected chi connectivity index (χ0v) is 11.6. The zero-order valence-electron chi connectivity index (χ0n) is 11.6. The maximum atomic E-state index is 11.4. The van der Waals surface area contributed by atoms with Gasteiger partial charge in [-0.05, 0) is 57.3 Å². The Bertz CT molecular complexity index is 476. The summed E-state index contributed by atoms with van der Waals surface area (Å²) in [6.45, 7) is 0.972. The standard InChI is InChI=1S/C16H21NO2/c1-17(2)12-11-16(9-7-15(19)8-10-16)13-3-5-14(18)6-4-13/h3-7,9,18H,8,10-12H2,1-2H3/t16-/m0/s1. The third-order valence-electron chi connectivity index (χ3n) is 3.85. The Morgan fingerprint density at radius 2 is 1.95 bits per heavy atom. The summed E-state index contributed by atoms with van der Waals surface area (Å²) in [4.78, 5) is 13.6. The highest BCUT2D eigenvalue weighted by molar-refractivity contribution is 5.91. The van der Waals surface area contributed by atoms with Crippen molar-refractivity contribution in [2.45, 2.75) is 24.7 Å². The predicted octanol–water partition coefficient (Wildman–Crippen LogP) is 2.50. The largest absolute Gasteiger partial charge is 0.508 e. The van der Waals surface area contributed by atoms with Crippen molar-refractivity contribution < 1.29 is 9.90 Å². The molecule has 0 saturated heterocycles. The van der Waals surface area contributed by atoms with Crippen LogP contribution in [-0.4, -0.2) is 36.4 Å². The molecule has 0 saturated carbocycles. The van der Waals surface area contributed by atoms with Crippen molar-refractivity contribution >= 4 is 5.78 Å². The minimum absolute atomic E-state index is 0.0775. The Balaban J connectivity index is 2.31. The molecular formula is C16H21NO2. The minimum Gasteiger partial charge on any atom is -0.508 e. The van der Waals surface area contributed by atoms with Crippen LogP contribution in [0, 0.1) is 0 Å². The normalized spacial score (nSPS) is 23.0. The molecule has 3 heteroatoms. The number of allylic oxidation sites excluding steroid dienone is 2. The summed E-state index contributed by atoms with van der Waals surface area (Å²) in [7, 11) is 4.12. The van der Waals surface area contributed by atoms with Crippen molar-refractivity contribution in [2.75, 3.05) is 20.6 Å². The number of nitrogens with zero attached hydrogens (tertiary/aromatic N) is 1. The van der Waals surface area contributed by atoms with Crippen LogP contribution >= 0.6 is 0 Å². The number of ketones is 1. The molecule has 102 valence electrons. The zero-order chi connectivity index (χ0) is 13.9. The summed E-state index contributed by atoms with van der Waals surface area (Å²) in [5.41, 5.74) is 1.10. The molecule has 1 aliphatic rings. The first-order chi connectivity index (χ1) is 9.02. The summed E-state index contributed by atoms with van der Waals surface area (Å²) < 4.78 is 0. The van der Waals surface area contributed by atoms with Crippen LogP contribution in [0.5, 0.6) is 5.75 Å². The Hall–Kier alpha value is -1.61. The highest BCUT2D eigenvalue weighted by Crippen LogP contribution is 2.38. The van der Waals surface area contributed by atoms with Crippen LogP contribution in [0.4, 0.5) is 0 Å². The molecule has 0 radical (unpaired) electrons. The number of carbonyl (C=O) groups is 1. The van der Waals surface area contributed by atoms with Gasteiger partial charge in [-0.15, -0.1) is 0 Å². The molecule has 1 atom stereocenters. The molecule has 1 aromatic carbocycles. The quantitative estimate of drug-likeness (QED) is 0.903. The van der Waals surface area contributed by atoms with Crippen LogP contribution in [0.1, 0.15) is 24.8 Å². The number of phenols is 1. The number of hydrogen-bond donors (Lipinski definition) is 1. The van der Waals surface area contributed by atoms with Crippen LogP contribution in [0.3, 0.4) is 0 Å². The molecule has 1 aromatic rings. The van der Waals surface area contributed by atoms with E-state index in [0.717, 1.165) is 19.4 Å². The van der Waals surface area contributed by atoms with E-state index >= 15 is 0 Å². The molecule has 3 nitrogen and oxygen atoms in total. The molecular weight excluding hydrogens is 238 g/mol. The van der Waals surface area contributed by atoms with Crippen LogP contribution in [0.25, 0.3) is 0 Å². The van der Waals surface area contributed by atoms with Gasteiger partial charge in [-0.3, -0.25) is 4.79 Å².